The van der Waals surface area contributed by atoms with Crippen LogP contribution < -0.4 is 11.5 Å². The Bertz CT molecular complexity index is 184. The minimum Gasteiger partial charge on any atom is -0.478 e. The first-order chi connectivity index (χ1) is 6.29. The summed E-state index contributed by atoms with van der Waals surface area (Å²) >= 11 is 0. The van der Waals surface area contributed by atoms with Gasteiger partial charge >= 0.3 is 12.0 Å². The lowest BCUT2D eigenvalue weighted by Gasteiger charge is -1.79. The standard InChI is InChI=1S/C4H6O2.C4H8.CH4N2O/c1-3(2)4(5)6;1-3-4-2;2-1(3)4/h1H2,2H3,(H,5,6);3H,1,4H2,2H3;(H4,2,3,4). The number of hydrogen-bond acceptors (Lipinski definition) is 2. The summed E-state index contributed by atoms with van der Waals surface area (Å²) in [5.74, 6) is -0.935. The number of nitrogens with two attached hydrogens (primary N) is 2. The largest absolute Gasteiger partial charge is 0.478 e. The van der Waals surface area contributed by atoms with E-state index in [9.17, 15) is 4.79 Å². The fraction of sp³-hybridized carbons (Fsp3) is 0.333. The number of urea groups is 1. The smallest absolute Gasteiger partial charge is 0.330 e. The summed E-state index contributed by atoms with van der Waals surface area (Å²) in [5.41, 5.74) is 8.68. The van der Waals surface area contributed by atoms with Crippen LogP contribution in [-0.2, 0) is 4.79 Å². The molecule has 0 bridgehead atoms. The van der Waals surface area contributed by atoms with Crippen LogP contribution in [0.1, 0.15) is 20.3 Å². The molecule has 0 aromatic carbocycles. The molecule has 0 aliphatic rings. The SMILES string of the molecule is C=C(C)C(=O)O.C=CCC.NC(N)=O. The third-order valence-corrected chi connectivity index (χ3v) is 0.654. The van der Waals surface area contributed by atoms with Gasteiger partial charge in [0.1, 0.15) is 0 Å². The number of carboxylic acids is 1. The minimum atomic E-state index is -0.935. The van der Waals surface area contributed by atoms with Crippen molar-refractivity contribution in [1.82, 2.24) is 0 Å². The van der Waals surface area contributed by atoms with Crippen molar-refractivity contribution in [2.24, 2.45) is 11.5 Å². The molecule has 5 N–H and O–H groups in total. The van der Waals surface area contributed by atoms with Gasteiger partial charge in [-0.3, -0.25) is 0 Å². The van der Waals surface area contributed by atoms with E-state index < -0.39 is 12.0 Å². The average Bonchev–Trinajstić information content (AvgIpc) is 2.03. The number of carbonyl (C=O) groups excluding carboxylic acids is 1. The molecule has 82 valence electrons. The van der Waals surface area contributed by atoms with Crippen molar-refractivity contribution < 1.29 is 14.7 Å². The molecular formula is C9H18N2O3. The summed E-state index contributed by atoms with van der Waals surface area (Å²) in [7, 11) is 0. The van der Waals surface area contributed by atoms with Crippen LogP contribution in [0.15, 0.2) is 24.8 Å². The molecule has 5 nitrogen and oxygen atoms in total. The minimum absolute atomic E-state index is 0.176. The van der Waals surface area contributed by atoms with Crippen LogP contribution in [0.4, 0.5) is 4.79 Å². The maximum atomic E-state index is 9.60. The van der Waals surface area contributed by atoms with Crippen LogP contribution in [0.2, 0.25) is 0 Å². The highest BCUT2D eigenvalue weighted by Crippen LogP contribution is 1.81. The van der Waals surface area contributed by atoms with Gasteiger partial charge in [-0.2, -0.15) is 0 Å². The molecule has 0 radical (unpaired) electrons. The lowest BCUT2D eigenvalue weighted by atomic mass is 10.4. The Morgan fingerprint density at radius 1 is 1.43 bits per heavy atom. The number of rotatable bonds is 2. The van der Waals surface area contributed by atoms with Crippen molar-refractivity contribution in [3.8, 4) is 0 Å². The predicted molar refractivity (Wildman–Crippen MR) is 56.7 cm³/mol. The summed E-state index contributed by atoms with van der Waals surface area (Å²) in [6.45, 7) is 10.1. The Kier molecular flexibility index (Phi) is 17.8. The van der Waals surface area contributed by atoms with Crippen molar-refractivity contribution >= 4 is 12.0 Å². The molecule has 0 saturated heterocycles. The first-order valence-electron chi connectivity index (χ1n) is 3.84. The Balaban J connectivity index is -0.000000135. The van der Waals surface area contributed by atoms with Gasteiger partial charge in [-0.15, -0.1) is 6.58 Å². The van der Waals surface area contributed by atoms with Gasteiger partial charge in [-0.05, 0) is 13.3 Å². The predicted octanol–water partition coefficient (Wildman–Crippen LogP) is 1.25. The van der Waals surface area contributed by atoms with Crippen LogP contribution in [0.3, 0.4) is 0 Å². The molecule has 0 saturated carbocycles. The van der Waals surface area contributed by atoms with Crippen LogP contribution in [0.5, 0.6) is 0 Å². The van der Waals surface area contributed by atoms with Crippen molar-refractivity contribution in [1.29, 1.82) is 0 Å². The van der Waals surface area contributed by atoms with E-state index in [0.717, 1.165) is 6.42 Å². The van der Waals surface area contributed by atoms with Crippen LogP contribution in [0.25, 0.3) is 0 Å². The molecule has 0 aromatic heterocycles. The number of carbonyl (C=O) groups is 2. The van der Waals surface area contributed by atoms with Gasteiger partial charge < -0.3 is 16.6 Å². The number of carboxylic acid groups (broad SMARTS) is 1. The van der Waals surface area contributed by atoms with Crippen LogP contribution >= 0.6 is 0 Å². The van der Waals surface area contributed by atoms with Gasteiger partial charge in [-0.25, -0.2) is 9.59 Å². The summed E-state index contributed by atoms with van der Waals surface area (Å²) in [6.07, 6.45) is 2.96. The highest BCUT2D eigenvalue weighted by Gasteiger charge is 1.90. The Hall–Kier alpha value is -1.78. The van der Waals surface area contributed by atoms with E-state index in [1.807, 2.05) is 6.08 Å². The molecule has 0 heterocycles. The van der Waals surface area contributed by atoms with Crippen molar-refractivity contribution in [3.05, 3.63) is 24.8 Å². The van der Waals surface area contributed by atoms with Crippen LogP contribution in [0, 0.1) is 0 Å². The van der Waals surface area contributed by atoms with Gasteiger partial charge in [0, 0.05) is 5.57 Å². The summed E-state index contributed by atoms with van der Waals surface area (Å²) in [4.78, 5) is 18.6. The monoisotopic (exact) mass is 202 g/mol. The molecule has 0 rings (SSSR count). The first kappa shape index (κ1) is 18.1. The number of amides is 2. The Labute approximate surface area is 84.1 Å². The normalized spacial score (nSPS) is 6.71. The molecule has 2 amide bonds. The van der Waals surface area contributed by atoms with Crippen molar-refractivity contribution in [3.63, 3.8) is 0 Å². The lowest BCUT2D eigenvalue weighted by molar-refractivity contribution is -0.132. The average molecular weight is 202 g/mol. The second kappa shape index (κ2) is 13.8. The zero-order valence-corrected chi connectivity index (χ0v) is 8.62. The summed E-state index contributed by atoms with van der Waals surface area (Å²) in [6, 6.07) is -0.833. The van der Waals surface area contributed by atoms with Gasteiger partial charge in [0.2, 0.25) is 0 Å². The molecule has 14 heavy (non-hydrogen) atoms. The van der Waals surface area contributed by atoms with E-state index in [2.05, 4.69) is 31.5 Å². The highest BCUT2D eigenvalue weighted by atomic mass is 16.4. The van der Waals surface area contributed by atoms with Crippen molar-refractivity contribution in [2.45, 2.75) is 20.3 Å². The first-order valence-corrected chi connectivity index (χ1v) is 3.84. The highest BCUT2D eigenvalue weighted by molar-refractivity contribution is 5.84. The van der Waals surface area contributed by atoms with Crippen molar-refractivity contribution in [2.75, 3.05) is 0 Å². The summed E-state index contributed by atoms with van der Waals surface area (Å²) < 4.78 is 0. The van der Waals surface area contributed by atoms with Gasteiger partial charge in [-0.1, -0.05) is 19.6 Å². The molecule has 0 spiro atoms. The maximum Gasteiger partial charge on any atom is 0.330 e. The van der Waals surface area contributed by atoms with Crippen LogP contribution in [-0.4, -0.2) is 17.1 Å². The second-order valence-electron chi connectivity index (χ2n) is 2.18. The van der Waals surface area contributed by atoms with E-state index in [0.29, 0.717) is 0 Å². The van der Waals surface area contributed by atoms with E-state index in [1.54, 1.807) is 0 Å². The van der Waals surface area contributed by atoms with E-state index in [-0.39, 0.29) is 5.57 Å². The molecule has 0 aromatic rings. The number of aliphatic carboxylic acids is 1. The Morgan fingerprint density at radius 3 is 1.57 bits per heavy atom. The topological polar surface area (TPSA) is 106 Å². The molecule has 0 fully saturated rings. The quantitative estimate of drug-likeness (QED) is 0.463. The molecule has 0 unspecified atom stereocenters. The Morgan fingerprint density at radius 2 is 1.57 bits per heavy atom. The fourth-order valence-corrected chi connectivity index (χ4v) is 0. The van der Waals surface area contributed by atoms with Gasteiger partial charge in [0.05, 0.1) is 0 Å². The third-order valence-electron chi connectivity index (χ3n) is 0.654. The zero-order valence-electron chi connectivity index (χ0n) is 8.62. The molecule has 0 atom stereocenters. The fourth-order valence-electron chi connectivity index (χ4n) is 0. The molecule has 0 aliphatic carbocycles. The second-order valence-corrected chi connectivity index (χ2v) is 2.18. The number of primary amides is 2. The molecular weight excluding hydrogens is 184 g/mol. The maximum absolute atomic E-state index is 9.60. The van der Waals surface area contributed by atoms with Gasteiger partial charge in [0.15, 0.2) is 0 Å². The van der Waals surface area contributed by atoms with E-state index in [4.69, 9.17) is 9.90 Å². The summed E-state index contributed by atoms with van der Waals surface area (Å²) in [5, 5.41) is 7.89. The number of allylic oxidation sites excluding steroid dienone is 1. The lowest BCUT2D eigenvalue weighted by Crippen LogP contribution is -2.18. The van der Waals surface area contributed by atoms with E-state index >= 15 is 0 Å². The molecule has 5 heteroatoms. The van der Waals surface area contributed by atoms with Gasteiger partial charge in [0.25, 0.3) is 0 Å². The van der Waals surface area contributed by atoms with E-state index in [1.165, 1.54) is 6.92 Å². The molecule has 0 aliphatic heterocycles. The third kappa shape index (κ3) is 83.8. The zero-order chi connectivity index (χ0) is 12.1. The number of hydrogen-bond donors (Lipinski definition) is 3.